The zero-order valence-electron chi connectivity index (χ0n) is 10.9. The number of nitrogens with one attached hydrogen (secondary N) is 2. The van der Waals surface area contributed by atoms with Crippen molar-refractivity contribution in [3.63, 3.8) is 0 Å². The first kappa shape index (κ1) is 14.0. The Kier molecular flexibility index (Phi) is 5.02. The van der Waals surface area contributed by atoms with Gasteiger partial charge in [-0.05, 0) is 36.5 Å². The van der Waals surface area contributed by atoms with Gasteiger partial charge in [0.05, 0.1) is 25.2 Å². The van der Waals surface area contributed by atoms with E-state index in [0.717, 1.165) is 17.0 Å². The third-order valence-corrected chi connectivity index (χ3v) is 2.62. The van der Waals surface area contributed by atoms with Crippen LogP contribution in [0.25, 0.3) is 0 Å². The third kappa shape index (κ3) is 4.03. The van der Waals surface area contributed by atoms with Gasteiger partial charge in [0.25, 0.3) is 0 Å². The van der Waals surface area contributed by atoms with E-state index in [1.165, 1.54) is 0 Å². The fraction of sp³-hybridized carbons (Fsp3) is 0.0714. The van der Waals surface area contributed by atoms with Gasteiger partial charge in [-0.1, -0.05) is 12.1 Å². The number of para-hydroxylation sites is 1. The van der Waals surface area contributed by atoms with E-state index in [9.17, 15) is 0 Å². The van der Waals surface area contributed by atoms with Crippen LogP contribution in [0.3, 0.4) is 0 Å². The average molecular weight is 286 g/mol. The summed E-state index contributed by atoms with van der Waals surface area (Å²) >= 11 is 5.12. The lowest BCUT2D eigenvalue weighted by molar-refractivity contribution is 0.414. The Bertz CT molecular complexity index is 601. The van der Waals surface area contributed by atoms with E-state index in [4.69, 9.17) is 17.0 Å². The van der Waals surface area contributed by atoms with Gasteiger partial charge in [-0.2, -0.15) is 5.10 Å². The smallest absolute Gasteiger partial charge is 0.191 e. The van der Waals surface area contributed by atoms with Crippen LogP contribution in [0.1, 0.15) is 5.56 Å². The molecule has 0 aliphatic heterocycles. The number of hydrogen-bond acceptors (Lipinski definition) is 4. The molecule has 2 aromatic rings. The maximum atomic E-state index is 5.22. The van der Waals surface area contributed by atoms with Crippen molar-refractivity contribution in [3.05, 3.63) is 54.4 Å². The number of thiocarbonyl (C=S) groups is 1. The van der Waals surface area contributed by atoms with Crippen molar-refractivity contribution in [2.24, 2.45) is 5.10 Å². The molecule has 2 rings (SSSR count). The van der Waals surface area contributed by atoms with Crippen molar-refractivity contribution in [1.29, 1.82) is 0 Å². The maximum Gasteiger partial charge on any atom is 0.191 e. The van der Waals surface area contributed by atoms with Gasteiger partial charge < -0.3 is 10.1 Å². The van der Waals surface area contributed by atoms with Crippen LogP contribution in [-0.4, -0.2) is 23.4 Å². The number of methoxy groups -OCH3 is 1. The van der Waals surface area contributed by atoms with Crippen LogP contribution in [0.15, 0.2) is 53.9 Å². The fourth-order valence-corrected chi connectivity index (χ4v) is 1.70. The first-order valence-corrected chi connectivity index (χ1v) is 6.33. The van der Waals surface area contributed by atoms with E-state index in [2.05, 4.69) is 20.8 Å². The lowest BCUT2D eigenvalue weighted by Gasteiger charge is -2.06. The molecular formula is C14H14N4OS. The largest absolute Gasteiger partial charge is 0.496 e. The standard InChI is InChI=1S/C14H14N4OS/c1-19-13-7-3-2-5-11(13)9-16-18-14(20)17-12-6-4-8-15-10-12/h2-10H,1H3,(H2,17,18,20)/b16-9-. The summed E-state index contributed by atoms with van der Waals surface area (Å²) in [6.07, 6.45) is 5.02. The van der Waals surface area contributed by atoms with Crippen LogP contribution < -0.4 is 15.5 Å². The molecule has 0 fully saturated rings. The zero-order chi connectivity index (χ0) is 14.2. The van der Waals surface area contributed by atoms with Crippen molar-refractivity contribution in [3.8, 4) is 5.75 Å². The lowest BCUT2D eigenvalue weighted by Crippen LogP contribution is -2.23. The van der Waals surface area contributed by atoms with Gasteiger partial charge in [0.2, 0.25) is 0 Å². The van der Waals surface area contributed by atoms with Crippen molar-refractivity contribution >= 4 is 29.2 Å². The van der Waals surface area contributed by atoms with Crippen molar-refractivity contribution in [2.45, 2.75) is 0 Å². The third-order valence-electron chi connectivity index (χ3n) is 2.43. The predicted molar refractivity (Wildman–Crippen MR) is 84.2 cm³/mol. The second-order valence-electron chi connectivity index (χ2n) is 3.81. The van der Waals surface area contributed by atoms with Crippen LogP contribution in [0, 0.1) is 0 Å². The molecule has 0 aliphatic rings. The molecular weight excluding hydrogens is 272 g/mol. The second kappa shape index (κ2) is 7.20. The number of hydrazone groups is 1. The van der Waals surface area contributed by atoms with Crippen LogP contribution in [0.5, 0.6) is 5.75 Å². The summed E-state index contributed by atoms with van der Waals surface area (Å²) in [4.78, 5) is 3.98. The van der Waals surface area contributed by atoms with Crippen molar-refractivity contribution in [2.75, 3.05) is 12.4 Å². The van der Waals surface area contributed by atoms with E-state index in [0.29, 0.717) is 5.11 Å². The number of ether oxygens (including phenoxy) is 1. The fourth-order valence-electron chi connectivity index (χ4n) is 1.53. The number of aromatic nitrogens is 1. The Morgan fingerprint density at radius 1 is 1.30 bits per heavy atom. The van der Waals surface area contributed by atoms with Gasteiger partial charge in [-0.25, -0.2) is 0 Å². The molecule has 0 bridgehead atoms. The zero-order valence-corrected chi connectivity index (χ0v) is 11.7. The van der Waals surface area contributed by atoms with Gasteiger partial charge in [0.15, 0.2) is 5.11 Å². The number of rotatable bonds is 4. The SMILES string of the molecule is COc1ccccc1/C=N\NC(=S)Nc1cccnc1. The van der Waals surface area contributed by atoms with Gasteiger partial charge >= 0.3 is 0 Å². The van der Waals surface area contributed by atoms with Gasteiger partial charge in [-0.3, -0.25) is 10.4 Å². The molecule has 1 heterocycles. The molecule has 0 radical (unpaired) electrons. The Morgan fingerprint density at radius 3 is 2.90 bits per heavy atom. The van der Waals surface area contributed by atoms with Gasteiger partial charge in [0, 0.05) is 11.8 Å². The summed E-state index contributed by atoms with van der Waals surface area (Å²) in [5, 5.41) is 7.43. The minimum Gasteiger partial charge on any atom is -0.496 e. The Morgan fingerprint density at radius 2 is 2.15 bits per heavy atom. The second-order valence-corrected chi connectivity index (χ2v) is 4.22. The highest BCUT2D eigenvalue weighted by atomic mass is 32.1. The molecule has 102 valence electrons. The topological polar surface area (TPSA) is 58.5 Å². The molecule has 1 aromatic heterocycles. The monoisotopic (exact) mass is 286 g/mol. The molecule has 5 nitrogen and oxygen atoms in total. The lowest BCUT2D eigenvalue weighted by atomic mass is 10.2. The normalized spacial score (nSPS) is 10.2. The highest BCUT2D eigenvalue weighted by Crippen LogP contribution is 2.14. The number of hydrogen-bond donors (Lipinski definition) is 2. The van der Waals surface area contributed by atoms with E-state index in [1.807, 2.05) is 36.4 Å². The number of nitrogens with zero attached hydrogens (tertiary/aromatic N) is 2. The molecule has 0 spiro atoms. The molecule has 0 saturated carbocycles. The molecule has 1 aromatic carbocycles. The molecule has 0 unspecified atom stereocenters. The predicted octanol–water partition coefficient (Wildman–Crippen LogP) is 2.41. The summed E-state index contributed by atoms with van der Waals surface area (Å²) < 4.78 is 5.22. The number of benzene rings is 1. The number of anilines is 1. The summed E-state index contributed by atoms with van der Waals surface area (Å²) in [5.41, 5.74) is 4.41. The molecule has 0 atom stereocenters. The Balaban J connectivity index is 1.91. The first-order valence-electron chi connectivity index (χ1n) is 5.92. The van der Waals surface area contributed by atoms with E-state index < -0.39 is 0 Å². The minimum absolute atomic E-state index is 0.393. The van der Waals surface area contributed by atoms with Crippen LogP contribution >= 0.6 is 12.2 Å². The van der Waals surface area contributed by atoms with Gasteiger partial charge in [0.1, 0.15) is 5.75 Å². The minimum atomic E-state index is 0.393. The summed E-state index contributed by atoms with van der Waals surface area (Å²) in [6.45, 7) is 0. The van der Waals surface area contributed by atoms with Crippen LogP contribution in [0.4, 0.5) is 5.69 Å². The summed E-state index contributed by atoms with van der Waals surface area (Å²) in [7, 11) is 1.62. The van der Waals surface area contributed by atoms with Crippen LogP contribution in [0.2, 0.25) is 0 Å². The number of pyridine rings is 1. The highest BCUT2D eigenvalue weighted by molar-refractivity contribution is 7.80. The Labute approximate surface area is 122 Å². The van der Waals surface area contributed by atoms with Crippen molar-refractivity contribution < 1.29 is 4.74 Å². The average Bonchev–Trinajstić information content (AvgIpc) is 2.49. The van der Waals surface area contributed by atoms with E-state index in [-0.39, 0.29) is 0 Å². The maximum absolute atomic E-state index is 5.22. The first-order chi connectivity index (χ1) is 9.79. The van der Waals surface area contributed by atoms with Crippen molar-refractivity contribution in [1.82, 2.24) is 10.4 Å². The summed E-state index contributed by atoms with van der Waals surface area (Å²) in [5.74, 6) is 0.754. The van der Waals surface area contributed by atoms with Crippen LogP contribution in [-0.2, 0) is 0 Å². The molecule has 0 aliphatic carbocycles. The molecule has 0 saturated heterocycles. The molecule has 6 heteroatoms. The van der Waals surface area contributed by atoms with E-state index >= 15 is 0 Å². The van der Waals surface area contributed by atoms with Gasteiger partial charge in [-0.15, -0.1) is 0 Å². The molecule has 2 N–H and O–H groups in total. The van der Waals surface area contributed by atoms with E-state index in [1.54, 1.807) is 25.7 Å². The summed E-state index contributed by atoms with van der Waals surface area (Å²) in [6, 6.07) is 11.3. The highest BCUT2D eigenvalue weighted by Gasteiger charge is 1.98. The molecule has 0 amide bonds. The quantitative estimate of drug-likeness (QED) is 0.513. The Hall–Kier alpha value is -2.47. The molecule has 20 heavy (non-hydrogen) atoms.